The average molecular weight is 445 g/mol. The van der Waals surface area contributed by atoms with E-state index in [9.17, 15) is 4.39 Å². The van der Waals surface area contributed by atoms with Crippen molar-refractivity contribution in [2.24, 2.45) is 7.05 Å². The Morgan fingerprint density at radius 1 is 1.20 bits per heavy atom. The Morgan fingerprint density at radius 2 is 2.00 bits per heavy atom. The van der Waals surface area contributed by atoms with Gasteiger partial charge in [-0.1, -0.05) is 11.3 Å². The molecule has 156 valence electrons. The van der Waals surface area contributed by atoms with E-state index in [-0.39, 0.29) is 18.2 Å². The lowest BCUT2D eigenvalue weighted by atomic mass is 10.0. The zero-order chi connectivity index (χ0) is 19.5. The normalized spacial score (nSPS) is 23.1. The molecule has 3 atom stereocenters. The number of fused-ring (bicyclic) bond motifs is 4. The van der Waals surface area contributed by atoms with Crippen molar-refractivity contribution in [3.63, 3.8) is 0 Å². The van der Waals surface area contributed by atoms with E-state index in [1.54, 1.807) is 29.3 Å². The third-order valence-corrected chi connectivity index (χ3v) is 7.00. The number of pyridine rings is 1. The highest BCUT2D eigenvalue weighted by molar-refractivity contribution is 7.22. The molecule has 30 heavy (non-hydrogen) atoms. The molecule has 6 rings (SSSR count). The summed E-state index contributed by atoms with van der Waals surface area (Å²) >= 11 is 1.64. The average Bonchev–Trinajstić information content (AvgIpc) is 3.36. The summed E-state index contributed by atoms with van der Waals surface area (Å²) in [5.41, 5.74) is 2.76. The van der Waals surface area contributed by atoms with E-state index in [4.69, 9.17) is 4.98 Å². The first-order chi connectivity index (χ1) is 14.1. The molecular weight excluding hydrogens is 423 g/mol. The van der Waals surface area contributed by atoms with E-state index in [1.165, 1.54) is 18.9 Å². The zero-order valence-electron chi connectivity index (χ0n) is 16.4. The van der Waals surface area contributed by atoms with Gasteiger partial charge in [-0.2, -0.15) is 5.10 Å². The van der Waals surface area contributed by atoms with Crippen LogP contribution in [0.25, 0.3) is 32.4 Å². The third-order valence-electron chi connectivity index (χ3n) is 6.05. The van der Waals surface area contributed by atoms with Gasteiger partial charge in [0, 0.05) is 42.3 Å². The van der Waals surface area contributed by atoms with E-state index in [0.29, 0.717) is 23.6 Å². The molecule has 2 bridgehead atoms. The second-order valence-electron chi connectivity index (χ2n) is 8.21. The smallest absolute Gasteiger partial charge is 0.184 e. The molecule has 2 N–H and O–H groups in total. The molecule has 9 heteroatoms. The molecular formula is C21H22ClFN6S. The van der Waals surface area contributed by atoms with Crippen LogP contribution in [-0.4, -0.2) is 37.9 Å². The summed E-state index contributed by atoms with van der Waals surface area (Å²) in [6.45, 7) is 0. The fourth-order valence-corrected chi connectivity index (χ4v) is 5.71. The van der Waals surface area contributed by atoms with Crippen molar-refractivity contribution in [1.29, 1.82) is 0 Å². The van der Waals surface area contributed by atoms with Crippen LogP contribution in [0.15, 0.2) is 30.6 Å². The number of halogens is 2. The van der Waals surface area contributed by atoms with Gasteiger partial charge in [-0.05, 0) is 43.9 Å². The molecule has 0 spiro atoms. The van der Waals surface area contributed by atoms with Gasteiger partial charge in [0.05, 0.1) is 16.6 Å². The predicted octanol–water partition coefficient (Wildman–Crippen LogP) is 4.50. The molecule has 0 saturated carbocycles. The maximum atomic E-state index is 14.5. The van der Waals surface area contributed by atoms with Crippen molar-refractivity contribution < 1.29 is 4.39 Å². The van der Waals surface area contributed by atoms with Crippen LogP contribution in [0.2, 0.25) is 0 Å². The minimum Gasteiger partial charge on any atom is -0.359 e. The van der Waals surface area contributed by atoms with Crippen LogP contribution in [0, 0.1) is 5.82 Å². The van der Waals surface area contributed by atoms with Crippen molar-refractivity contribution in [1.82, 2.24) is 25.1 Å². The minimum atomic E-state index is -0.327. The highest BCUT2D eigenvalue weighted by Gasteiger charge is 2.33. The van der Waals surface area contributed by atoms with Crippen LogP contribution in [0.4, 0.5) is 9.52 Å². The monoisotopic (exact) mass is 444 g/mol. The van der Waals surface area contributed by atoms with Crippen molar-refractivity contribution >= 4 is 50.0 Å². The van der Waals surface area contributed by atoms with Crippen LogP contribution in [-0.2, 0) is 7.05 Å². The number of hydrogen-bond acceptors (Lipinski definition) is 6. The van der Waals surface area contributed by atoms with Gasteiger partial charge < -0.3 is 10.6 Å². The van der Waals surface area contributed by atoms with Crippen molar-refractivity contribution in [3.8, 4) is 11.3 Å². The lowest BCUT2D eigenvalue weighted by molar-refractivity contribution is 0.378. The van der Waals surface area contributed by atoms with Crippen LogP contribution in [0.1, 0.15) is 25.7 Å². The summed E-state index contributed by atoms with van der Waals surface area (Å²) in [7, 11) is 1.79. The Hall–Kier alpha value is -2.29. The Morgan fingerprint density at radius 3 is 2.80 bits per heavy atom. The number of benzene rings is 1. The van der Waals surface area contributed by atoms with E-state index >= 15 is 0 Å². The predicted molar refractivity (Wildman–Crippen MR) is 121 cm³/mol. The topological polar surface area (TPSA) is 67.7 Å². The number of aromatic nitrogens is 4. The Kier molecular flexibility index (Phi) is 4.88. The Bertz CT molecular complexity index is 1230. The summed E-state index contributed by atoms with van der Waals surface area (Å²) in [6.07, 6.45) is 8.48. The van der Waals surface area contributed by atoms with Crippen LogP contribution < -0.4 is 10.6 Å². The summed E-state index contributed by atoms with van der Waals surface area (Å²) in [5.74, 6) is -0.327. The van der Waals surface area contributed by atoms with Crippen molar-refractivity contribution in [2.75, 3.05) is 5.32 Å². The molecule has 2 saturated heterocycles. The van der Waals surface area contributed by atoms with Gasteiger partial charge in [-0.15, -0.1) is 12.4 Å². The van der Waals surface area contributed by atoms with E-state index in [2.05, 4.69) is 20.7 Å². The number of thiazole rings is 1. The molecule has 2 fully saturated rings. The van der Waals surface area contributed by atoms with E-state index < -0.39 is 0 Å². The molecule has 1 aromatic carbocycles. The van der Waals surface area contributed by atoms with E-state index in [0.717, 1.165) is 44.8 Å². The van der Waals surface area contributed by atoms with Crippen LogP contribution in [0.5, 0.6) is 0 Å². The van der Waals surface area contributed by atoms with Crippen molar-refractivity contribution in [2.45, 2.75) is 43.8 Å². The largest absolute Gasteiger partial charge is 0.359 e. The molecule has 4 aromatic rings. The number of hydrogen-bond donors (Lipinski definition) is 2. The second kappa shape index (κ2) is 7.44. The number of anilines is 1. The molecule has 3 aromatic heterocycles. The maximum Gasteiger partial charge on any atom is 0.184 e. The first-order valence-electron chi connectivity index (χ1n) is 10.0. The first-order valence-corrected chi connectivity index (χ1v) is 10.8. The van der Waals surface area contributed by atoms with Gasteiger partial charge >= 0.3 is 0 Å². The maximum absolute atomic E-state index is 14.5. The SMILES string of the molecule is Cl.Cn1cc2cc(-c3cc4sc(N[C@@H]5C[C@H]6CC[C@@H](C5)N6)nc4cn3)cc(F)c2n1. The number of aryl methyl sites for hydroxylation is 1. The number of rotatable bonds is 3. The van der Waals surface area contributed by atoms with E-state index in [1.807, 2.05) is 18.3 Å². The van der Waals surface area contributed by atoms with Gasteiger partial charge in [0.15, 0.2) is 10.9 Å². The fourth-order valence-electron chi connectivity index (χ4n) is 4.76. The third kappa shape index (κ3) is 3.42. The number of piperidine rings is 1. The first kappa shape index (κ1) is 19.7. The molecule has 0 radical (unpaired) electrons. The number of nitrogens with one attached hydrogen (secondary N) is 2. The second-order valence-corrected chi connectivity index (χ2v) is 9.24. The van der Waals surface area contributed by atoms with Gasteiger partial charge in [0.2, 0.25) is 0 Å². The molecule has 0 unspecified atom stereocenters. The highest BCUT2D eigenvalue weighted by Crippen LogP contribution is 2.33. The summed E-state index contributed by atoms with van der Waals surface area (Å²) in [5, 5.41) is 13.2. The Balaban J connectivity index is 0.00000193. The highest BCUT2D eigenvalue weighted by atomic mass is 35.5. The summed E-state index contributed by atoms with van der Waals surface area (Å²) < 4.78 is 17.1. The van der Waals surface area contributed by atoms with Gasteiger partial charge in [0.25, 0.3) is 0 Å². The van der Waals surface area contributed by atoms with Gasteiger partial charge in [-0.25, -0.2) is 9.37 Å². The van der Waals surface area contributed by atoms with Crippen molar-refractivity contribution in [3.05, 3.63) is 36.4 Å². The molecule has 5 heterocycles. The molecule has 2 aliphatic heterocycles. The zero-order valence-corrected chi connectivity index (χ0v) is 18.1. The lowest BCUT2D eigenvalue weighted by Gasteiger charge is -2.29. The molecule has 0 aliphatic carbocycles. The molecule has 2 aliphatic rings. The summed E-state index contributed by atoms with van der Waals surface area (Å²) in [6, 6.07) is 7.21. The summed E-state index contributed by atoms with van der Waals surface area (Å²) in [4.78, 5) is 9.26. The van der Waals surface area contributed by atoms with Gasteiger partial charge in [-0.3, -0.25) is 9.67 Å². The van der Waals surface area contributed by atoms with Crippen LogP contribution >= 0.6 is 23.7 Å². The Labute approximate surface area is 183 Å². The lowest BCUT2D eigenvalue weighted by Crippen LogP contribution is -2.43. The quantitative estimate of drug-likeness (QED) is 0.487. The minimum absolute atomic E-state index is 0. The number of nitrogens with zero attached hydrogens (tertiary/aromatic N) is 4. The van der Waals surface area contributed by atoms with Gasteiger partial charge in [0.1, 0.15) is 11.0 Å². The molecule has 6 nitrogen and oxygen atoms in total. The standard InChI is InChI=1S/C21H21FN6S.ClH/c1-28-10-12-4-11(5-16(22)20(12)27-28)17-8-19-18(9-23-17)26-21(29-19)25-15-6-13-2-3-14(7-15)24-13;/h4-5,8-10,13-15,24H,2-3,6-7H2,1H3,(H,25,26);1H/t13-,14+,15-;. The molecule has 0 amide bonds. The van der Waals surface area contributed by atoms with Crippen LogP contribution in [0.3, 0.4) is 0 Å². The fraction of sp³-hybridized carbons (Fsp3) is 0.381.